The average Bonchev–Trinajstić information content (AvgIpc) is 2.50. The van der Waals surface area contributed by atoms with Gasteiger partial charge in [-0.05, 0) is 19.1 Å². The minimum atomic E-state index is -5.06. The Morgan fingerprint density at radius 1 is 1.25 bits per heavy atom. The van der Waals surface area contributed by atoms with Crippen molar-refractivity contribution in [2.45, 2.75) is 32.2 Å². The highest BCUT2D eigenvalue weighted by atomic mass is 19.4. The molecule has 0 fully saturated rings. The number of methoxy groups -OCH3 is 1. The number of nitrogens with one attached hydrogen (secondary N) is 1. The summed E-state index contributed by atoms with van der Waals surface area (Å²) in [4.78, 5) is 23.3. The van der Waals surface area contributed by atoms with Crippen LogP contribution in [0.2, 0.25) is 0 Å². The Kier molecular flexibility index (Phi) is 6.59. The Bertz CT molecular complexity index is 592. The number of carbonyl (C=O) groups excluding carboxylic acids is 2. The van der Waals surface area contributed by atoms with E-state index < -0.39 is 23.7 Å². The van der Waals surface area contributed by atoms with Gasteiger partial charge in [-0.3, -0.25) is 10.1 Å². The molecule has 9 heteroatoms. The molecule has 6 nitrogen and oxygen atoms in total. The van der Waals surface area contributed by atoms with Crippen LogP contribution in [0.3, 0.4) is 0 Å². The molecule has 0 bridgehead atoms. The molecule has 0 spiro atoms. The van der Waals surface area contributed by atoms with Gasteiger partial charge in [0.1, 0.15) is 12.3 Å². The van der Waals surface area contributed by atoms with Crippen LogP contribution in [0.15, 0.2) is 24.3 Å². The Morgan fingerprint density at radius 2 is 1.88 bits per heavy atom. The summed E-state index contributed by atoms with van der Waals surface area (Å²) in [6.07, 6.45) is -5.06. The fourth-order valence-corrected chi connectivity index (χ4v) is 2.14. The van der Waals surface area contributed by atoms with E-state index >= 15 is 0 Å². The van der Waals surface area contributed by atoms with E-state index in [1.165, 1.54) is 14.0 Å². The number of benzene rings is 1. The topological polar surface area (TPSA) is 81.2 Å². The lowest BCUT2D eigenvalue weighted by Gasteiger charge is -2.31. The van der Waals surface area contributed by atoms with Crippen molar-refractivity contribution < 1.29 is 37.6 Å². The molecule has 0 aliphatic carbocycles. The molecule has 0 aliphatic rings. The number of quaternary nitrogens is 1. The summed E-state index contributed by atoms with van der Waals surface area (Å²) in [6.45, 7) is 1.77. The van der Waals surface area contributed by atoms with Gasteiger partial charge in [0, 0.05) is 12.5 Å². The van der Waals surface area contributed by atoms with Gasteiger partial charge in [-0.15, -0.1) is 0 Å². The smallest absolute Gasteiger partial charge is 0.478 e. The van der Waals surface area contributed by atoms with Crippen molar-refractivity contribution in [3.8, 4) is 5.75 Å². The highest BCUT2D eigenvalue weighted by Gasteiger charge is 2.67. The molecule has 1 atom stereocenters. The Labute approximate surface area is 137 Å². The van der Waals surface area contributed by atoms with Crippen molar-refractivity contribution in [3.63, 3.8) is 0 Å². The Balaban J connectivity index is 3.21. The minimum Gasteiger partial charge on any atom is -0.496 e. The normalized spacial score (nSPS) is 13.8. The first-order valence-corrected chi connectivity index (χ1v) is 7.17. The third-order valence-corrected chi connectivity index (χ3v) is 3.24. The first-order chi connectivity index (χ1) is 11.2. The third kappa shape index (κ3) is 4.38. The standard InChI is InChI=1S/C15H19F3N2O4/c1-4-24-13(22)14(15(16,17)18,20-10(2)21)19-9-11-7-5-6-8-12(11)23-3/h5-8,19H,4,9H2,1-3H3,(H,20,21)/p+1/t14-/m0/s1. The summed E-state index contributed by atoms with van der Waals surface area (Å²) in [7, 11) is 1.38. The zero-order valence-electron chi connectivity index (χ0n) is 13.6. The molecule has 0 aromatic heterocycles. The fourth-order valence-electron chi connectivity index (χ4n) is 2.14. The second-order valence-electron chi connectivity index (χ2n) is 4.93. The van der Waals surface area contributed by atoms with Crippen LogP contribution >= 0.6 is 0 Å². The molecule has 24 heavy (non-hydrogen) atoms. The van der Waals surface area contributed by atoms with E-state index in [9.17, 15) is 22.8 Å². The maximum absolute atomic E-state index is 13.6. The van der Waals surface area contributed by atoms with Crippen molar-refractivity contribution in [2.75, 3.05) is 13.7 Å². The van der Waals surface area contributed by atoms with Crippen molar-refractivity contribution in [3.05, 3.63) is 29.8 Å². The molecule has 1 aromatic rings. The van der Waals surface area contributed by atoms with Gasteiger partial charge in [0.25, 0.3) is 0 Å². The molecule has 3 N–H and O–H groups in total. The van der Waals surface area contributed by atoms with Gasteiger partial charge in [-0.2, -0.15) is 13.2 Å². The fraction of sp³-hybridized carbons (Fsp3) is 0.467. The first-order valence-electron chi connectivity index (χ1n) is 7.17. The van der Waals surface area contributed by atoms with Crippen LogP contribution in [0.25, 0.3) is 0 Å². The van der Waals surface area contributed by atoms with E-state index in [4.69, 9.17) is 4.74 Å². The lowest BCUT2D eigenvalue weighted by atomic mass is 10.1. The van der Waals surface area contributed by atoms with Crippen molar-refractivity contribution in [1.29, 1.82) is 0 Å². The molecule has 0 heterocycles. The summed E-state index contributed by atoms with van der Waals surface area (Å²) < 4.78 is 50.5. The van der Waals surface area contributed by atoms with E-state index in [2.05, 4.69) is 4.74 Å². The number of nitrogens with two attached hydrogens (primary N) is 1. The Morgan fingerprint density at radius 3 is 2.38 bits per heavy atom. The van der Waals surface area contributed by atoms with E-state index in [0.29, 0.717) is 16.6 Å². The number of esters is 1. The van der Waals surface area contributed by atoms with E-state index in [0.717, 1.165) is 6.92 Å². The summed E-state index contributed by atoms with van der Waals surface area (Å²) >= 11 is 0. The van der Waals surface area contributed by atoms with Gasteiger partial charge >= 0.3 is 17.8 Å². The molecule has 1 rings (SSSR count). The third-order valence-electron chi connectivity index (χ3n) is 3.24. The molecule has 0 aliphatic heterocycles. The van der Waals surface area contributed by atoms with Gasteiger partial charge in [0.15, 0.2) is 0 Å². The number of ether oxygens (including phenoxy) is 2. The number of para-hydroxylation sites is 1. The second-order valence-corrected chi connectivity index (χ2v) is 4.93. The molecular weight excluding hydrogens is 329 g/mol. The predicted octanol–water partition coefficient (Wildman–Crippen LogP) is 0.716. The lowest BCUT2D eigenvalue weighted by Crippen LogP contribution is -3.06. The van der Waals surface area contributed by atoms with Crippen LogP contribution < -0.4 is 15.4 Å². The van der Waals surface area contributed by atoms with E-state index in [1.54, 1.807) is 29.6 Å². The monoisotopic (exact) mass is 349 g/mol. The Hall–Kier alpha value is -2.29. The number of hydrogen-bond donors (Lipinski definition) is 2. The quantitative estimate of drug-likeness (QED) is 0.561. The molecular formula is C15H20F3N2O4+. The molecule has 0 saturated heterocycles. The van der Waals surface area contributed by atoms with Crippen molar-refractivity contribution >= 4 is 11.9 Å². The number of carbonyl (C=O) groups is 2. The minimum absolute atomic E-state index is 0.251. The van der Waals surface area contributed by atoms with Gasteiger partial charge in [0.2, 0.25) is 5.91 Å². The van der Waals surface area contributed by atoms with Crippen LogP contribution in [-0.4, -0.2) is 37.4 Å². The molecule has 134 valence electrons. The lowest BCUT2D eigenvalue weighted by molar-refractivity contribution is -0.757. The van der Waals surface area contributed by atoms with Crippen LogP contribution in [0.1, 0.15) is 19.4 Å². The van der Waals surface area contributed by atoms with Crippen molar-refractivity contribution in [2.24, 2.45) is 0 Å². The number of rotatable bonds is 7. The van der Waals surface area contributed by atoms with Gasteiger partial charge in [-0.25, -0.2) is 4.79 Å². The average molecular weight is 349 g/mol. The molecule has 0 radical (unpaired) electrons. The zero-order chi connectivity index (χ0) is 18.4. The van der Waals surface area contributed by atoms with Crippen LogP contribution in [0.5, 0.6) is 5.75 Å². The van der Waals surface area contributed by atoms with E-state index in [-0.39, 0.29) is 13.2 Å². The highest BCUT2D eigenvalue weighted by molar-refractivity contribution is 5.86. The summed E-state index contributed by atoms with van der Waals surface area (Å²) in [6, 6.07) is 6.44. The van der Waals surface area contributed by atoms with Crippen LogP contribution in [0, 0.1) is 0 Å². The predicted molar refractivity (Wildman–Crippen MR) is 77.9 cm³/mol. The summed E-state index contributed by atoms with van der Waals surface area (Å²) in [5, 5.41) is 2.38. The highest BCUT2D eigenvalue weighted by Crippen LogP contribution is 2.27. The molecule has 0 saturated carbocycles. The number of alkyl halides is 3. The summed E-state index contributed by atoms with van der Waals surface area (Å²) in [5.74, 6) is -2.21. The van der Waals surface area contributed by atoms with Gasteiger partial charge in [-0.1, -0.05) is 12.1 Å². The van der Waals surface area contributed by atoms with Crippen LogP contribution in [-0.2, 0) is 20.9 Å². The molecule has 1 aromatic carbocycles. The zero-order valence-corrected chi connectivity index (χ0v) is 13.6. The second kappa shape index (κ2) is 8.00. The van der Waals surface area contributed by atoms with Crippen molar-refractivity contribution in [1.82, 2.24) is 5.32 Å². The first kappa shape index (κ1) is 19.8. The maximum atomic E-state index is 13.6. The maximum Gasteiger partial charge on any atom is 0.478 e. The number of amides is 1. The number of hydrogen-bond acceptors (Lipinski definition) is 4. The van der Waals surface area contributed by atoms with Crippen LogP contribution in [0.4, 0.5) is 13.2 Å². The van der Waals surface area contributed by atoms with Gasteiger partial charge in [0.05, 0.1) is 13.7 Å². The largest absolute Gasteiger partial charge is 0.496 e. The van der Waals surface area contributed by atoms with E-state index in [1.807, 2.05) is 0 Å². The molecule has 0 unspecified atom stereocenters. The number of halogens is 3. The summed E-state index contributed by atoms with van der Waals surface area (Å²) in [5.41, 5.74) is -2.79. The SMILES string of the molecule is CCOC(=O)[C@@](NC(C)=O)([NH2+]Cc1ccccc1OC)C(F)(F)F. The molecule has 1 amide bonds. The van der Waals surface area contributed by atoms with Gasteiger partial charge < -0.3 is 14.8 Å².